The fraction of sp³-hybridized carbons (Fsp3) is 0.368. The number of hydrogen-bond acceptors (Lipinski definition) is 1. The van der Waals surface area contributed by atoms with E-state index in [1.807, 2.05) is 0 Å². The first kappa shape index (κ1) is 15.6. The molecule has 2 aromatic carbocycles. The van der Waals surface area contributed by atoms with Gasteiger partial charge in [0.05, 0.1) is 26.2 Å². The second-order valence-corrected chi connectivity index (χ2v) is 7.15. The Kier molecular flexibility index (Phi) is 4.84. The molecule has 1 aliphatic rings. The molecule has 2 aromatic rings. The van der Waals surface area contributed by atoms with Gasteiger partial charge in [-0.1, -0.05) is 46.3 Å². The summed E-state index contributed by atoms with van der Waals surface area (Å²) in [6.45, 7) is 10.2. The zero-order valence-corrected chi connectivity index (χ0v) is 15.0. The number of rotatable bonds is 3. The smallest absolute Gasteiger partial charge is 0.104 e. The monoisotopic (exact) mass is 359 g/mol. The molecule has 0 atom stereocenters. The first-order chi connectivity index (χ1) is 10.6. The zero-order chi connectivity index (χ0) is 15.5. The van der Waals surface area contributed by atoms with E-state index in [-0.39, 0.29) is 0 Å². The van der Waals surface area contributed by atoms with Gasteiger partial charge in [0.1, 0.15) is 6.54 Å². The number of nitrogens with zero attached hydrogens (tertiary/aromatic N) is 1. The van der Waals surface area contributed by atoms with Crippen molar-refractivity contribution in [3.8, 4) is 0 Å². The molecule has 0 saturated carbocycles. The van der Waals surface area contributed by atoms with Gasteiger partial charge in [-0.3, -0.25) is 0 Å². The number of nitrogens with one attached hydrogen (secondary N) is 1. The third kappa shape index (κ3) is 3.53. The topological polar surface area (TPSA) is 7.68 Å². The first-order valence-electron chi connectivity index (χ1n) is 8.02. The van der Waals surface area contributed by atoms with E-state index in [9.17, 15) is 0 Å². The molecule has 3 heteroatoms. The Labute approximate surface area is 141 Å². The van der Waals surface area contributed by atoms with Gasteiger partial charge >= 0.3 is 0 Å². The fourth-order valence-electron chi connectivity index (χ4n) is 3.21. The highest BCUT2D eigenvalue weighted by atomic mass is 79.9. The van der Waals surface area contributed by atoms with Crippen molar-refractivity contribution in [3.63, 3.8) is 0 Å². The minimum absolute atomic E-state index is 1.11. The van der Waals surface area contributed by atoms with E-state index in [0.717, 1.165) is 19.6 Å². The molecule has 0 radical (unpaired) electrons. The molecule has 1 fully saturated rings. The lowest BCUT2D eigenvalue weighted by Gasteiger charge is -2.34. The lowest BCUT2D eigenvalue weighted by molar-refractivity contribution is -0.914. The summed E-state index contributed by atoms with van der Waals surface area (Å²) in [5, 5.41) is 0. The number of benzene rings is 2. The maximum Gasteiger partial charge on any atom is 0.104 e. The highest BCUT2D eigenvalue weighted by Crippen LogP contribution is 2.21. The van der Waals surface area contributed by atoms with E-state index < -0.39 is 0 Å². The van der Waals surface area contributed by atoms with Crippen LogP contribution in [0.3, 0.4) is 0 Å². The van der Waals surface area contributed by atoms with Crippen LogP contribution in [-0.2, 0) is 6.54 Å². The molecule has 1 heterocycles. The average Bonchev–Trinajstić information content (AvgIpc) is 2.53. The number of piperazine rings is 1. The van der Waals surface area contributed by atoms with Crippen LogP contribution in [0, 0.1) is 13.8 Å². The van der Waals surface area contributed by atoms with Crippen molar-refractivity contribution in [1.29, 1.82) is 0 Å². The van der Waals surface area contributed by atoms with Gasteiger partial charge in [-0.2, -0.15) is 0 Å². The van der Waals surface area contributed by atoms with Crippen molar-refractivity contribution in [2.45, 2.75) is 20.4 Å². The Hall–Kier alpha value is -1.32. The molecule has 2 nitrogen and oxygen atoms in total. The predicted molar refractivity (Wildman–Crippen MR) is 96.7 cm³/mol. The molecule has 116 valence electrons. The molecule has 3 rings (SSSR count). The molecule has 0 aliphatic carbocycles. The second-order valence-electron chi connectivity index (χ2n) is 6.30. The van der Waals surface area contributed by atoms with Crippen molar-refractivity contribution >= 4 is 21.6 Å². The van der Waals surface area contributed by atoms with E-state index in [0.29, 0.717) is 0 Å². The van der Waals surface area contributed by atoms with Crippen LogP contribution in [0.2, 0.25) is 0 Å². The fourth-order valence-corrected chi connectivity index (χ4v) is 3.64. The molecule has 1 saturated heterocycles. The molecule has 0 bridgehead atoms. The van der Waals surface area contributed by atoms with Crippen LogP contribution in [0.25, 0.3) is 0 Å². The van der Waals surface area contributed by atoms with Gasteiger partial charge in [0.25, 0.3) is 0 Å². The molecular formula is C19H24BrN2+. The Balaban J connectivity index is 1.63. The number of hydrogen-bond donors (Lipinski definition) is 1. The summed E-state index contributed by atoms with van der Waals surface area (Å²) in [5.41, 5.74) is 5.57. The minimum atomic E-state index is 1.11. The molecule has 22 heavy (non-hydrogen) atoms. The minimum Gasteiger partial charge on any atom is -0.360 e. The van der Waals surface area contributed by atoms with Gasteiger partial charge in [-0.25, -0.2) is 0 Å². The van der Waals surface area contributed by atoms with Crippen molar-refractivity contribution < 1.29 is 4.90 Å². The molecule has 1 N–H and O–H groups in total. The number of aryl methyl sites for hydroxylation is 2. The third-order valence-corrected chi connectivity index (χ3v) is 5.35. The third-order valence-electron chi connectivity index (χ3n) is 4.57. The standard InChI is InChI=1S/C19H23BrN2/c1-15-7-8-16(2)19(13-15)22-11-9-21(10-12-22)14-17-5-3-4-6-18(17)20/h3-8,13H,9-12,14H2,1-2H3/p+1. The van der Waals surface area contributed by atoms with Crippen molar-refractivity contribution in [1.82, 2.24) is 0 Å². The summed E-state index contributed by atoms with van der Waals surface area (Å²) in [4.78, 5) is 4.22. The summed E-state index contributed by atoms with van der Waals surface area (Å²) in [6, 6.07) is 15.4. The van der Waals surface area contributed by atoms with Crippen LogP contribution in [0.4, 0.5) is 5.69 Å². The number of halogens is 1. The maximum absolute atomic E-state index is 3.67. The van der Waals surface area contributed by atoms with E-state index in [4.69, 9.17) is 0 Å². The largest absolute Gasteiger partial charge is 0.360 e. The zero-order valence-electron chi connectivity index (χ0n) is 13.4. The molecular weight excluding hydrogens is 336 g/mol. The SMILES string of the molecule is Cc1ccc(C)c(N2CC[NH+](Cc3ccccc3Br)CC2)c1. The van der Waals surface area contributed by atoms with E-state index in [1.54, 1.807) is 4.90 Å². The van der Waals surface area contributed by atoms with Crippen LogP contribution in [0.15, 0.2) is 46.9 Å². The Morgan fingerprint density at radius 1 is 1.05 bits per heavy atom. The highest BCUT2D eigenvalue weighted by Gasteiger charge is 2.21. The summed E-state index contributed by atoms with van der Waals surface area (Å²) in [7, 11) is 0. The van der Waals surface area contributed by atoms with Crippen LogP contribution in [0.5, 0.6) is 0 Å². The summed E-state index contributed by atoms with van der Waals surface area (Å²) >= 11 is 3.67. The van der Waals surface area contributed by atoms with Gasteiger partial charge in [-0.05, 0) is 37.1 Å². The first-order valence-corrected chi connectivity index (χ1v) is 8.82. The van der Waals surface area contributed by atoms with E-state index in [2.05, 4.69) is 77.1 Å². The Morgan fingerprint density at radius 3 is 2.50 bits per heavy atom. The highest BCUT2D eigenvalue weighted by molar-refractivity contribution is 9.10. The van der Waals surface area contributed by atoms with Gasteiger partial charge in [0, 0.05) is 15.7 Å². The predicted octanol–water partition coefficient (Wildman–Crippen LogP) is 2.97. The molecule has 0 aromatic heterocycles. The van der Waals surface area contributed by atoms with Gasteiger partial charge in [0.15, 0.2) is 0 Å². The van der Waals surface area contributed by atoms with Crippen molar-refractivity contribution in [3.05, 3.63) is 63.6 Å². The van der Waals surface area contributed by atoms with Crippen LogP contribution < -0.4 is 9.80 Å². The summed E-state index contributed by atoms with van der Waals surface area (Å²) in [6.07, 6.45) is 0. The molecule has 0 spiro atoms. The number of quaternary nitrogens is 1. The molecule has 0 amide bonds. The lowest BCUT2D eigenvalue weighted by Crippen LogP contribution is -3.13. The normalized spacial score (nSPS) is 16.0. The molecule has 1 aliphatic heterocycles. The lowest BCUT2D eigenvalue weighted by atomic mass is 10.1. The van der Waals surface area contributed by atoms with Gasteiger partial charge in [0.2, 0.25) is 0 Å². The second kappa shape index (κ2) is 6.84. The Bertz CT molecular complexity index is 646. The van der Waals surface area contributed by atoms with E-state index in [1.165, 1.54) is 39.9 Å². The average molecular weight is 360 g/mol. The quantitative estimate of drug-likeness (QED) is 0.884. The maximum atomic E-state index is 3.67. The van der Waals surface area contributed by atoms with Crippen LogP contribution in [-0.4, -0.2) is 26.2 Å². The van der Waals surface area contributed by atoms with Gasteiger partial charge < -0.3 is 9.80 Å². The van der Waals surface area contributed by atoms with Crippen LogP contribution >= 0.6 is 15.9 Å². The van der Waals surface area contributed by atoms with Crippen molar-refractivity contribution in [2.24, 2.45) is 0 Å². The van der Waals surface area contributed by atoms with Crippen molar-refractivity contribution in [2.75, 3.05) is 31.1 Å². The molecule has 0 unspecified atom stereocenters. The Morgan fingerprint density at radius 2 is 1.77 bits per heavy atom. The van der Waals surface area contributed by atoms with Gasteiger partial charge in [-0.15, -0.1) is 0 Å². The summed E-state index contributed by atoms with van der Waals surface area (Å²) in [5.74, 6) is 0. The van der Waals surface area contributed by atoms with Crippen LogP contribution in [0.1, 0.15) is 16.7 Å². The number of anilines is 1. The summed E-state index contributed by atoms with van der Waals surface area (Å²) < 4.78 is 1.24. The van der Waals surface area contributed by atoms with E-state index >= 15 is 0 Å².